The Bertz CT molecular complexity index is 432. The number of carbonyl (C=O) groups excluding carboxylic acids is 1. The Morgan fingerprint density at radius 3 is 2.53 bits per heavy atom. The SMILES string of the molecule is CN(C)c1ccc(/C=C2\CC(=O)CCN2)cc1. The van der Waals surface area contributed by atoms with E-state index in [0.29, 0.717) is 18.6 Å². The van der Waals surface area contributed by atoms with Crippen molar-refractivity contribution < 1.29 is 4.79 Å². The fourth-order valence-corrected chi connectivity index (χ4v) is 1.90. The summed E-state index contributed by atoms with van der Waals surface area (Å²) >= 11 is 0. The highest BCUT2D eigenvalue weighted by molar-refractivity contribution is 5.83. The maximum Gasteiger partial charge on any atom is 0.140 e. The molecule has 0 saturated carbocycles. The number of benzene rings is 1. The quantitative estimate of drug-likeness (QED) is 0.844. The van der Waals surface area contributed by atoms with Gasteiger partial charge in [0.25, 0.3) is 0 Å². The zero-order valence-corrected chi connectivity index (χ0v) is 10.4. The molecule has 0 atom stereocenters. The zero-order valence-electron chi connectivity index (χ0n) is 10.4. The lowest BCUT2D eigenvalue weighted by molar-refractivity contribution is -0.119. The van der Waals surface area contributed by atoms with Crippen molar-refractivity contribution in [3.05, 3.63) is 35.5 Å². The first-order chi connectivity index (χ1) is 8.15. The molecule has 1 aliphatic rings. The molecule has 1 aromatic rings. The number of ketones is 1. The van der Waals surface area contributed by atoms with Crippen LogP contribution in [0.3, 0.4) is 0 Å². The molecule has 0 aliphatic carbocycles. The van der Waals surface area contributed by atoms with Crippen molar-refractivity contribution in [1.29, 1.82) is 0 Å². The van der Waals surface area contributed by atoms with E-state index in [-0.39, 0.29) is 0 Å². The van der Waals surface area contributed by atoms with E-state index >= 15 is 0 Å². The second kappa shape index (κ2) is 5.04. The van der Waals surface area contributed by atoms with Crippen LogP contribution in [0.5, 0.6) is 0 Å². The van der Waals surface area contributed by atoms with Gasteiger partial charge < -0.3 is 10.2 Å². The number of allylic oxidation sites excluding steroid dienone is 1. The van der Waals surface area contributed by atoms with Gasteiger partial charge in [-0.25, -0.2) is 0 Å². The highest BCUT2D eigenvalue weighted by Gasteiger charge is 2.11. The van der Waals surface area contributed by atoms with E-state index < -0.39 is 0 Å². The molecule has 1 N–H and O–H groups in total. The topological polar surface area (TPSA) is 32.3 Å². The van der Waals surface area contributed by atoms with Gasteiger partial charge in [0, 0.05) is 44.9 Å². The maximum absolute atomic E-state index is 11.3. The van der Waals surface area contributed by atoms with Gasteiger partial charge in [-0.05, 0) is 23.8 Å². The highest BCUT2D eigenvalue weighted by Crippen LogP contribution is 2.16. The van der Waals surface area contributed by atoms with Crippen LogP contribution in [-0.4, -0.2) is 26.4 Å². The normalized spacial score (nSPS) is 18.0. The van der Waals surface area contributed by atoms with Gasteiger partial charge in [0.2, 0.25) is 0 Å². The van der Waals surface area contributed by atoms with E-state index in [1.54, 1.807) is 0 Å². The fraction of sp³-hybridized carbons (Fsp3) is 0.357. The number of nitrogens with zero attached hydrogens (tertiary/aromatic N) is 1. The molecule has 0 aromatic heterocycles. The minimum absolute atomic E-state index is 0.319. The third-order valence-electron chi connectivity index (χ3n) is 2.89. The van der Waals surface area contributed by atoms with Crippen LogP contribution in [0.4, 0.5) is 5.69 Å². The number of carbonyl (C=O) groups is 1. The average Bonchev–Trinajstić information content (AvgIpc) is 2.29. The maximum atomic E-state index is 11.3. The third-order valence-corrected chi connectivity index (χ3v) is 2.89. The van der Waals surface area contributed by atoms with Gasteiger partial charge in [-0.15, -0.1) is 0 Å². The summed E-state index contributed by atoms with van der Waals surface area (Å²) in [5.41, 5.74) is 3.34. The smallest absolute Gasteiger partial charge is 0.140 e. The number of hydrogen-bond acceptors (Lipinski definition) is 3. The van der Waals surface area contributed by atoms with Crippen LogP contribution in [0, 0.1) is 0 Å². The van der Waals surface area contributed by atoms with E-state index in [2.05, 4.69) is 40.6 Å². The van der Waals surface area contributed by atoms with Gasteiger partial charge in [-0.3, -0.25) is 4.79 Å². The Kier molecular flexibility index (Phi) is 3.47. The van der Waals surface area contributed by atoms with Crippen molar-refractivity contribution in [2.24, 2.45) is 0 Å². The average molecular weight is 230 g/mol. The van der Waals surface area contributed by atoms with Crippen LogP contribution in [-0.2, 0) is 4.79 Å². The van der Waals surface area contributed by atoms with Gasteiger partial charge in [0.15, 0.2) is 0 Å². The molecule has 1 aliphatic heterocycles. The van der Waals surface area contributed by atoms with Crippen LogP contribution in [0.25, 0.3) is 6.08 Å². The summed E-state index contributed by atoms with van der Waals surface area (Å²) in [5, 5.41) is 3.27. The van der Waals surface area contributed by atoms with Crippen LogP contribution >= 0.6 is 0 Å². The molecule has 3 nitrogen and oxygen atoms in total. The molecule has 0 bridgehead atoms. The molecular weight excluding hydrogens is 212 g/mol. The van der Waals surface area contributed by atoms with Gasteiger partial charge in [-0.2, -0.15) is 0 Å². The van der Waals surface area contributed by atoms with Crippen molar-refractivity contribution in [2.75, 3.05) is 25.5 Å². The van der Waals surface area contributed by atoms with Crippen LogP contribution in [0.2, 0.25) is 0 Å². The Morgan fingerprint density at radius 1 is 1.24 bits per heavy atom. The summed E-state index contributed by atoms with van der Waals surface area (Å²) in [6, 6.07) is 8.31. The van der Waals surface area contributed by atoms with Crippen molar-refractivity contribution >= 4 is 17.5 Å². The Labute approximate surface area is 102 Å². The lowest BCUT2D eigenvalue weighted by atomic mass is 10.1. The number of rotatable bonds is 2. The summed E-state index contributed by atoms with van der Waals surface area (Å²) in [6.45, 7) is 0.764. The Hall–Kier alpha value is -1.77. The summed E-state index contributed by atoms with van der Waals surface area (Å²) in [7, 11) is 4.05. The van der Waals surface area contributed by atoms with Crippen molar-refractivity contribution in [2.45, 2.75) is 12.8 Å². The molecule has 0 unspecified atom stereocenters. The largest absolute Gasteiger partial charge is 0.388 e. The lowest BCUT2D eigenvalue weighted by Gasteiger charge is -2.16. The van der Waals surface area contributed by atoms with E-state index in [0.717, 1.165) is 17.8 Å². The standard InChI is InChI=1S/C14H18N2O/c1-16(2)13-5-3-11(4-6-13)9-12-10-14(17)7-8-15-12/h3-6,9,15H,7-8,10H2,1-2H3/b12-9+. The van der Waals surface area contributed by atoms with E-state index in [9.17, 15) is 4.79 Å². The molecule has 1 aromatic carbocycles. The van der Waals surface area contributed by atoms with Crippen LogP contribution in [0.1, 0.15) is 18.4 Å². The van der Waals surface area contributed by atoms with E-state index in [1.165, 1.54) is 5.69 Å². The minimum atomic E-state index is 0.319. The molecule has 1 saturated heterocycles. The van der Waals surface area contributed by atoms with Crippen molar-refractivity contribution in [1.82, 2.24) is 5.32 Å². The Morgan fingerprint density at radius 2 is 1.94 bits per heavy atom. The molecule has 0 spiro atoms. The number of hydrogen-bond donors (Lipinski definition) is 1. The van der Waals surface area contributed by atoms with Crippen LogP contribution in [0.15, 0.2) is 30.0 Å². The number of Topliss-reactive ketones (excluding diaryl/α,β-unsaturated/α-hetero) is 1. The third kappa shape index (κ3) is 3.09. The molecule has 3 heteroatoms. The second-order valence-electron chi connectivity index (χ2n) is 4.55. The molecule has 1 heterocycles. The van der Waals surface area contributed by atoms with Gasteiger partial charge in [-0.1, -0.05) is 12.1 Å². The molecule has 17 heavy (non-hydrogen) atoms. The van der Waals surface area contributed by atoms with Gasteiger partial charge in [0.05, 0.1) is 0 Å². The number of nitrogens with one attached hydrogen (secondary N) is 1. The van der Waals surface area contributed by atoms with E-state index in [1.807, 2.05) is 14.1 Å². The lowest BCUT2D eigenvalue weighted by Crippen LogP contribution is -2.25. The summed E-state index contributed by atoms with van der Waals surface area (Å²) in [6.07, 6.45) is 3.24. The number of piperidine rings is 1. The molecule has 90 valence electrons. The minimum Gasteiger partial charge on any atom is -0.388 e. The summed E-state index contributed by atoms with van der Waals surface area (Å²) in [5.74, 6) is 0.319. The zero-order chi connectivity index (χ0) is 12.3. The molecule has 0 radical (unpaired) electrons. The van der Waals surface area contributed by atoms with Crippen LogP contribution < -0.4 is 10.2 Å². The van der Waals surface area contributed by atoms with Crippen molar-refractivity contribution in [3.63, 3.8) is 0 Å². The predicted octanol–water partition coefficient (Wildman–Crippen LogP) is 2.05. The first-order valence-corrected chi connectivity index (χ1v) is 5.89. The number of anilines is 1. The van der Waals surface area contributed by atoms with Crippen molar-refractivity contribution in [3.8, 4) is 0 Å². The summed E-state index contributed by atoms with van der Waals surface area (Å²) < 4.78 is 0. The first kappa shape index (κ1) is 11.7. The predicted molar refractivity (Wildman–Crippen MR) is 71.0 cm³/mol. The van der Waals surface area contributed by atoms with Gasteiger partial charge >= 0.3 is 0 Å². The summed E-state index contributed by atoms with van der Waals surface area (Å²) in [4.78, 5) is 13.4. The fourth-order valence-electron chi connectivity index (χ4n) is 1.90. The molecular formula is C14H18N2O. The first-order valence-electron chi connectivity index (χ1n) is 5.89. The van der Waals surface area contributed by atoms with E-state index in [4.69, 9.17) is 0 Å². The second-order valence-corrected chi connectivity index (χ2v) is 4.55. The molecule has 2 rings (SSSR count). The molecule has 0 amide bonds. The monoisotopic (exact) mass is 230 g/mol. The van der Waals surface area contributed by atoms with Gasteiger partial charge in [0.1, 0.15) is 5.78 Å². The Balaban J connectivity index is 2.12. The molecule has 1 fully saturated rings. The highest BCUT2D eigenvalue weighted by atomic mass is 16.1.